The Morgan fingerprint density at radius 2 is 1.82 bits per heavy atom. The van der Waals surface area contributed by atoms with Crippen LogP contribution in [0.3, 0.4) is 0 Å². The standard InChI is InChI=1S/C24H21ClO3/c1-24(15-16-3-2-4-21(25)13-16)12-11-20-14-19(9-10-22(20)28-24)17-5-7-18(8-6-17)23(26)27/h2-10,13-14H,11-12,15H2,1H3,(H,26,27). The van der Waals surface area contributed by atoms with E-state index < -0.39 is 5.97 Å². The summed E-state index contributed by atoms with van der Waals surface area (Å²) in [5.41, 5.74) is 4.46. The van der Waals surface area contributed by atoms with E-state index in [0.717, 1.165) is 41.2 Å². The van der Waals surface area contributed by atoms with Gasteiger partial charge in [-0.15, -0.1) is 0 Å². The van der Waals surface area contributed by atoms with Crippen LogP contribution in [-0.4, -0.2) is 16.7 Å². The quantitative estimate of drug-likeness (QED) is 0.589. The van der Waals surface area contributed by atoms with Crippen LogP contribution >= 0.6 is 11.6 Å². The predicted molar refractivity (Wildman–Crippen MR) is 111 cm³/mol. The molecule has 28 heavy (non-hydrogen) atoms. The topological polar surface area (TPSA) is 46.5 Å². The number of carbonyl (C=O) groups is 1. The Bertz CT molecular complexity index is 1030. The second-order valence-corrected chi connectivity index (χ2v) is 8.00. The Labute approximate surface area is 169 Å². The molecule has 0 radical (unpaired) electrons. The maximum absolute atomic E-state index is 11.0. The zero-order chi connectivity index (χ0) is 19.7. The molecule has 1 unspecified atom stereocenters. The number of fused-ring (bicyclic) bond motifs is 1. The van der Waals surface area contributed by atoms with Gasteiger partial charge in [0, 0.05) is 11.4 Å². The number of hydrogen-bond acceptors (Lipinski definition) is 2. The second-order valence-electron chi connectivity index (χ2n) is 7.56. The van der Waals surface area contributed by atoms with Gasteiger partial charge in [0.25, 0.3) is 0 Å². The third-order valence-electron chi connectivity index (χ3n) is 5.27. The molecule has 0 amide bonds. The van der Waals surface area contributed by atoms with Crippen molar-refractivity contribution < 1.29 is 14.6 Å². The second kappa shape index (κ2) is 7.33. The maximum atomic E-state index is 11.0. The number of halogens is 1. The summed E-state index contributed by atoms with van der Waals surface area (Å²) in [5.74, 6) is 0.00562. The minimum Gasteiger partial charge on any atom is -0.487 e. The van der Waals surface area contributed by atoms with Gasteiger partial charge in [0.2, 0.25) is 0 Å². The van der Waals surface area contributed by atoms with Crippen molar-refractivity contribution in [2.24, 2.45) is 0 Å². The normalized spacial score (nSPS) is 18.2. The number of carboxylic acids is 1. The maximum Gasteiger partial charge on any atom is 0.335 e. The molecule has 3 aromatic carbocycles. The molecule has 1 heterocycles. The Kier molecular flexibility index (Phi) is 4.86. The molecule has 0 bridgehead atoms. The van der Waals surface area contributed by atoms with Crippen LogP contribution in [0.5, 0.6) is 5.75 Å². The van der Waals surface area contributed by atoms with Gasteiger partial charge in [-0.1, -0.05) is 41.9 Å². The first-order valence-corrected chi connectivity index (χ1v) is 9.70. The lowest BCUT2D eigenvalue weighted by molar-refractivity contribution is 0.0654. The van der Waals surface area contributed by atoms with Gasteiger partial charge in [0.15, 0.2) is 0 Å². The number of hydrogen-bond donors (Lipinski definition) is 1. The van der Waals surface area contributed by atoms with Gasteiger partial charge in [0.1, 0.15) is 11.4 Å². The Morgan fingerprint density at radius 3 is 2.54 bits per heavy atom. The number of aromatic carboxylic acids is 1. The highest BCUT2D eigenvalue weighted by atomic mass is 35.5. The molecule has 0 fully saturated rings. The molecule has 0 spiro atoms. The average Bonchev–Trinajstić information content (AvgIpc) is 2.67. The van der Waals surface area contributed by atoms with Crippen LogP contribution in [0, 0.1) is 0 Å². The molecular weight excluding hydrogens is 372 g/mol. The van der Waals surface area contributed by atoms with E-state index in [2.05, 4.69) is 19.1 Å². The number of rotatable bonds is 4. The Morgan fingerprint density at radius 1 is 1.07 bits per heavy atom. The SMILES string of the molecule is CC1(Cc2cccc(Cl)c2)CCc2cc(-c3ccc(C(=O)O)cc3)ccc2O1. The molecule has 4 rings (SSSR count). The first-order chi connectivity index (χ1) is 13.4. The lowest BCUT2D eigenvalue weighted by atomic mass is 9.86. The summed E-state index contributed by atoms with van der Waals surface area (Å²) < 4.78 is 6.38. The van der Waals surface area contributed by atoms with E-state index in [0.29, 0.717) is 5.56 Å². The summed E-state index contributed by atoms with van der Waals surface area (Å²) >= 11 is 6.12. The largest absolute Gasteiger partial charge is 0.487 e. The highest BCUT2D eigenvalue weighted by Crippen LogP contribution is 2.37. The van der Waals surface area contributed by atoms with Crippen molar-refractivity contribution >= 4 is 17.6 Å². The summed E-state index contributed by atoms with van der Waals surface area (Å²) in [6.45, 7) is 2.15. The third kappa shape index (κ3) is 3.90. The molecule has 142 valence electrons. The molecule has 0 saturated carbocycles. The number of aryl methyl sites for hydroxylation is 1. The van der Waals surface area contributed by atoms with Crippen LogP contribution < -0.4 is 4.74 Å². The van der Waals surface area contributed by atoms with Gasteiger partial charge in [0.05, 0.1) is 5.56 Å². The monoisotopic (exact) mass is 392 g/mol. The van der Waals surface area contributed by atoms with E-state index >= 15 is 0 Å². The van der Waals surface area contributed by atoms with Crippen molar-refractivity contribution in [2.45, 2.75) is 31.8 Å². The van der Waals surface area contributed by atoms with Crippen LogP contribution in [0.4, 0.5) is 0 Å². The van der Waals surface area contributed by atoms with E-state index in [1.54, 1.807) is 12.1 Å². The summed E-state index contributed by atoms with van der Waals surface area (Å²) in [5, 5.41) is 9.80. The molecule has 3 nitrogen and oxygen atoms in total. The van der Waals surface area contributed by atoms with Crippen molar-refractivity contribution in [1.29, 1.82) is 0 Å². The summed E-state index contributed by atoms with van der Waals surface area (Å²) in [7, 11) is 0. The average molecular weight is 393 g/mol. The molecule has 0 aromatic heterocycles. The molecule has 1 aliphatic heterocycles. The number of carboxylic acid groups (broad SMARTS) is 1. The smallest absolute Gasteiger partial charge is 0.335 e. The molecule has 1 aliphatic rings. The van der Waals surface area contributed by atoms with Crippen LogP contribution in [0.15, 0.2) is 66.7 Å². The zero-order valence-corrected chi connectivity index (χ0v) is 16.4. The Hall–Kier alpha value is -2.78. The third-order valence-corrected chi connectivity index (χ3v) is 5.51. The Balaban J connectivity index is 1.55. The predicted octanol–water partition coefficient (Wildman–Crippen LogP) is 6.03. The van der Waals surface area contributed by atoms with Crippen LogP contribution in [0.2, 0.25) is 5.02 Å². The summed E-state index contributed by atoms with van der Waals surface area (Å²) in [4.78, 5) is 11.0. The van der Waals surface area contributed by atoms with E-state index in [1.165, 1.54) is 11.1 Å². The highest BCUT2D eigenvalue weighted by Gasteiger charge is 2.32. The van der Waals surface area contributed by atoms with Gasteiger partial charge in [-0.3, -0.25) is 0 Å². The molecule has 1 atom stereocenters. The molecule has 4 heteroatoms. The lowest BCUT2D eigenvalue weighted by Crippen LogP contribution is -2.38. The minimum atomic E-state index is -0.913. The molecule has 0 saturated heterocycles. The van der Waals surface area contributed by atoms with Crippen LogP contribution in [-0.2, 0) is 12.8 Å². The zero-order valence-electron chi connectivity index (χ0n) is 15.6. The minimum absolute atomic E-state index is 0.262. The number of benzene rings is 3. The fourth-order valence-corrected chi connectivity index (χ4v) is 3.99. The van der Waals surface area contributed by atoms with Crippen LogP contribution in [0.1, 0.15) is 34.8 Å². The van der Waals surface area contributed by atoms with Crippen molar-refractivity contribution in [1.82, 2.24) is 0 Å². The van der Waals surface area contributed by atoms with Crippen molar-refractivity contribution in [3.8, 4) is 16.9 Å². The van der Waals surface area contributed by atoms with Crippen molar-refractivity contribution in [2.75, 3.05) is 0 Å². The summed E-state index contributed by atoms with van der Waals surface area (Å²) in [6.07, 6.45) is 2.67. The highest BCUT2D eigenvalue weighted by molar-refractivity contribution is 6.30. The molecule has 3 aromatic rings. The first-order valence-electron chi connectivity index (χ1n) is 9.32. The van der Waals surface area contributed by atoms with Crippen molar-refractivity contribution in [3.05, 3.63) is 88.4 Å². The molecular formula is C24H21ClO3. The number of ether oxygens (including phenoxy) is 1. The fourth-order valence-electron chi connectivity index (χ4n) is 3.78. The van der Waals surface area contributed by atoms with Crippen molar-refractivity contribution in [3.63, 3.8) is 0 Å². The molecule has 0 aliphatic carbocycles. The fraction of sp³-hybridized carbons (Fsp3) is 0.208. The van der Waals surface area contributed by atoms with Gasteiger partial charge in [-0.2, -0.15) is 0 Å². The van der Waals surface area contributed by atoms with Gasteiger partial charge in [-0.05, 0) is 78.4 Å². The van der Waals surface area contributed by atoms with E-state index in [9.17, 15) is 4.79 Å². The van der Waals surface area contributed by atoms with E-state index in [1.807, 2.05) is 42.5 Å². The van der Waals surface area contributed by atoms with Gasteiger partial charge < -0.3 is 9.84 Å². The van der Waals surface area contributed by atoms with E-state index in [4.69, 9.17) is 21.4 Å². The summed E-state index contributed by atoms with van der Waals surface area (Å²) in [6, 6.07) is 21.1. The van der Waals surface area contributed by atoms with Crippen LogP contribution in [0.25, 0.3) is 11.1 Å². The van der Waals surface area contributed by atoms with E-state index in [-0.39, 0.29) is 5.60 Å². The molecule has 1 N–H and O–H groups in total. The lowest BCUT2D eigenvalue weighted by Gasteiger charge is -2.36. The van der Waals surface area contributed by atoms with Gasteiger partial charge >= 0.3 is 5.97 Å². The van der Waals surface area contributed by atoms with Gasteiger partial charge in [-0.25, -0.2) is 4.79 Å². The first kappa shape index (κ1) is 18.6.